The maximum atomic E-state index is 12.9. The monoisotopic (exact) mass is 407 g/mol. The minimum Gasteiger partial charge on any atom is -0.477 e. The third kappa shape index (κ3) is 3.88. The lowest BCUT2D eigenvalue weighted by Crippen LogP contribution is -2.18. The van der Waals surface area contributed by atoms with E-state index >= 15 is 0 Å². The van der Waals surface area contributed by atoms with E-state index in [1.807, 2.05) is 20.8 Å². The first-order chi connectivity index (χ1) is 12.5. The van der Waals surface area contributed by atoms with Gasteiger partial charge in [0.1, 0.15) is 15.4 Å². The average Bonchev–Trinajstić information content (AvgIpc) is 3.01. The summed E-state index contributed by atoms with van der Waals surface area (Å²) < 4.78 is 33.3. The van der Waals surface area contributed by atoms with Crippen molar-refractivity contribution < 1.29 is 22.7 Å². The predicted molar refractivity (Wildman–Crippen MR) is 103 cm³/mol. The number of nitrogens with one attached hydrogen (secondary N) is 1. The van der Waals surface area contributed by atoms with Crippen molar-refractivity contribution in [2.24, 2.45) is 0 Å². The lowest BCUT2D eigenvalue weighted by molar-refractivity contribution is 0.0702. The largest absolute Gasteiger partial charge is 0.477 e. The highest BCUT2D eigenvalue weighted by Crippen LogP contribution is 2.37. The van der Waals surface area contributed by atoms with Crippen LogP contribution < -0.4 is 10.3 Å². The lowest BCUT2D eigenvalue weighted by Gasteiger charge is -2.19. The Labute approximate surface area is 159 Å². The van der Waals surface area contributed by atoms with Crippen LogP contribution in [0, 0.1) is 0 Å². The van der Waals surface area contributed by atoms with E-state index in [9.17, 15) is 23.1 Å². The molecule has 0 saturated heterocycles. The molecule has 0 atom stereocenters. The van der Waals surface area contributed by atoms with Gasteiger partial charge in [-0.15, -0.1) is 11.3 Å². The van der Waals surface area contributed by atoms with Crippen LogP contribution in [0.1, 0.15) is 35.3 Å². The van der Waals surface area contributed by atoms with Gasteiger partial charge >= 0.3 is 11.6 Å². The normalized spacial score (nSPS) is 12.3. The highest BCUT2D eigenvalue weighted by molar-refractivity contribution is 7.93. The third-order valence-corrected chi connectivity index (χ3v) is 6.83. The minimum absolute atomic E-state index is 0.0411. The Balaban J connectivity index is 2.06. The highest BCUT2D eigenvalue weighted by Gasteiger charge is 2.30. The van der Waals surface area contributed by atoms with Crippen LogP contribution in [-0.2, 0) is 15.4 Å². The van der Waals surface area contributed by atoms with E-state index in [0.29, 0.717) is 15.8 Å². The second-order valence-corrected chi connectivity index (χ2v) is 9.67. The topological polar surface area (TPSA) is 114 Å². The summed E-state index contributed by atoms with van der Waals surface area (Å²) in [6.45, 7) is 5.46. The maximum Gasteiger partial charge on any atom is 0.345 e. The summed E-state index contributed by atoms with van der Waals surface area (Å²) >= 11 is 0.948. The molecule has 2 N–H and O–H groups in total. The second-order valence-electron chi connectivity index (χ2n) is 6.97. The van der Waals surface area contributed by atoms with E-state index in [1.165, 1.54) is 36.4 Å². The van der Waals surface area contributed by atoms with Gasteiger partial charge in [0, 0.05) is 22.0 Å². The minimum atomic E-state index is -4.01. The Kier molecular flexibility index (Phi) is 4.61. The van der Waals surface area contributed by atoms with E-state index in [0.717, 1.165) is 11.3 Å². The Morgan fingerprint density at radius 1 is 1.15 bits per heavy atom. The number of rotatable bonds is 4. The molecule has 0 bridgehead atoms. The summed E-state index contributed by atoms with van der Waals surface area (Å²) in [6.07, 6.45) is 0. The molecule has 3 rings (SSSR count). The van der Waals surface area contributed by atoms with Crippen LogP contribution in [0.5, 0.6) is 0 Å². The van der Waals surface area contributed by atoms with Gasteiger partial charge in [-0.05, 0) is 35.7 Å². The van der Waals surface area contributed by atoms with Gasteiger partial charge in [-0.3, -0.25) is 4.72 Å². The zero-order chi connectivity index (χ0) is 20.0. The molecule has 0 aliphatic carbocycles. The first kappa shape index (κ1) is 19.1. The summed E-state index contributed by atoms with van der Waals surface area (Å²) in [5.74, 6) is -1.17. The quantitative estimate of drug-likeness (QED) is 0.638. The van der Waals surface area contributed by atoms with Crippen LogP contribution in [0.25, 0.3) is 11.0 Å². The van der Waals surface area contributed by atoms with Crippen LogP contribution in [0.15, 0.2) is 50.5 Å². The molecule has 3 aromatic rings. The summed E-state index contributed by atoms with van der Waals surface area (Å²) in [5.41, 5.74) is -0.427. The molecule has 7 nitrogen and oxygen atoms in total. The number of carboxylic acids is 1. The van der Waals surface area contributed by atoms with Crippen LogP contribution in [-0.4, -0.2) is 19.5 Å². The molecule has 9 heteroatoms. The van der Waals surface area contributed by atoms with E-state index < -0.39 is 27.0 Å². The molecule has 27 heavy (non-hydrogen) atoms. The van der Waals surface area contributed by atoms with Gasteiger partial charge in [0.2, 0.25) is 0 Å². The van der Waals surface area contributed by atoms with E-state index in [-0.39, 0.29) is 15.5 Å². The summed E-state index contributed by atoms with van der Waals surface area (Å²) in [6, 6.07) is 8.47. The fourth-order valence-corrected chi connectivity index (χ4v) is 5.40. The van der Waals surface area contributed by atoms with Gasteiger partial charge in [0.05, 0.1) is 0 Å². The molecular weight excluding hydrogens is 390 g/mol. The Hall–Kier alpha value is -2.65. The van der Waals surface area contributed by atoms with Gasteiger partial charge < -0.3 is 9.52 Å². The number of benzene rings is 1. The average molecular weight is 407 g/mol. The van der Waals surface area contributed by atoms with Crippen LogP contribution in [0.3, 0.4) is 0 Å². The second kappa shape index (κ2) is 6.50. The molecule has 0 aliphatic heterocycles. The zero-order valence-electron chi connectivity index (χ0n) is 14.8. The SMILES string of the molecule is CC(C)(C)c1sc(C(=O)O)cc1S(=O)(=O)Nc1ccc2oc(=O)ccc2c1. The number of sulfonamides is 1. The predicted octanol–water partition coefficient (Wildman–Crippen LogP) is 3.65. The van der Waals surface area contributed by atoms with Crippen molar-refractivity contribution in [3.05, 3.63) is 56.6 Å². The first-order valence-corrected chi connectivity index (χ1v) is 10.2. The maximum absolute atomic E-state index is 12.9. The molecule has 0 radical (unpaired) electrons. The van der Waals surface area contributed by atoms with Crippen LogP contribution >= 0.6 is 11.3 Å². The molecule has 0 amide bonds. The van der Waals surface area contributed by atoms with Crippen molar-refractivity contribution in [1.29, 1.82) is 0 Å². The Morgan fingerprint density at radius 3 is 2.48 bits per heavy atom. The molecule has 0 unspecified atom stereocenters. The van der Waals surface area contributed by atoms with Gasteiger partial charge in [0.15, 0.2) is 0 Å². The first-order valence-electron chi connectivity index (χ1n) is 7.92. The number of carboxylic acid groups (broad SMARTS) is 1. The van der Waals surface area contributed by atoms with Crippen molar-refractivity contribution in [3.63, 3.8) is 0 Å². The van der Waals surface area contributed by atoms with E-state index in [4.69, 9.17) is 4.42 Å². The highest BCUT2D eigenvalue weighted by atomic mass is 32.2. The lowest BCUT2D eigenvalue weighted by atomic mass is 9.95. The number of aromatic carboxylic acids is 1. The van der Waals surface area contributed by atoms with E-state index in [1.54, 1.807) is 0 Å². The van der Waals surface area contributed by atoms with Crippen LogP contribution in [0.2, 0.25) is 0 Å². The summed E-state index contributed by atoms with van der Waals surface area (Å²) in [5, 5.41) is 9.80. The molecule has 0 aliphatic rings. The van der Waals surface area contributed by atoms with E-state index in [2.05, 4.69) is 4.72 Å². The van der Waals surface area contributed by atoms with Crippen molar-refractivity contribution in [2.45, 2.75) is 31.1 Å². The third-order valence-electron chi connectivity index (χ3n) is 3.75. The number of fused-ring (bicyclic) bond motifs is 1. The molecule has 2 aromatic heterocycles. The molecule has 1 aromatic carbocycles. The standard InChI is InChI=1S/C18H17NO6S2/c1-18(2,3)16-14(9-13(26-16)17(21)22)27(23,24)19-11-5-6-12-10(8-11)4-7-15(20)25-12/h4-9,19H,1-3H3,(H,21,22). The molecule has 0 fully saturated rings. The molecule has 0 saturated carbocycles. The molecular formula is C18H17NO6S2. The zero-order valence-corrected chi connectivity index (χ0v) is 16.4. The Morgan fingerprint density at radius 2 is 1.85 bits per heavy atom. The van der Waals surface area contributed by atoms with Crippen LogP contribution in [0.4, 0.5) is 5.69 Å². The van der Waals surface area contributed by atoms with Gasteiger partial charge in [-0.2, -0.15) is 0 Å². The molecule has 0 spiro atoms. The number of thiophene rings is 1. The van der Waals surface area contributed by atoms with Gasteiger partial charge in [0.25, 0.3) is 10.0 Å². The summed E-state index contributed by atoms with van der Waals surface area (Å²) in [4.78, 5) is 22.9. The van der Waals surface area contributed by atoms with Crippen molar-refractivity contribution in [3.8, 4) is 0 Å². The molecule has 142 valence electrons. The van der Waals surface area contributed by atoms with Gasteiger partial charge in [-0.25, -0.2) is 18.0 Å². The Bertz CT molecular complexity index is 1200. The number of anilines is 1. The van der Waals surface area contributed by atoms with Crippen molar-refractivity contribution >= 4 is 44.0 Å². The number of hydrogen-bond acceptors (Lipinski definition) is 6. The van der Waals surface area contributed by atoms with Crippen molar-refractivity contribution in [1.82, 2.24) is 0 Å². The molecule has 2 heterocycles. The fourth-order valence-electron chi connectivity index (χ4n) is 2.55. The summed E-state index contributed by atoms with van der Waals surface area (Å²) in [7, 11) is -4.01. The fraction of sp³-hybridized carbons (Fsp3) is 0.222. The smallest absolute Gasteiger partial charge is 0.345 e. The number of hydrogen-bond donors (Lipinski definition) is 2. The van der Waals surface area contributed by atoms with Crippen molar-refractivity contribution in [2.75, 3.05) is 4.72 Å². The number of carbonyl (C=O) groups is 1. The van der Waals surface area contributed by atoms with Gasteiger partial charge in [-0.1, -0.05) is 20.8 Å².